The van der Waals surface area contributed by atoms with Crippen LogP contribution in [0.1, 0.15) is 61.5 Å². The summed E-state index contributed by atoms with van der Waals surface area (Å²) < 4.78 is 36.5. The number of carbonyl (C=O) groups is 6. The highest BCUT2D eigenvalue weighted by molar-refractivity contribution is 7.13. The van der Waals surface area contributed by atoms with Gasteiger partial charge in [0.2, 0.25) is 11.8 Å². The number of thiazole rings is 1. The number of nitrogens with one attached hydrogen (secondary N) is 2. The number of aliphatic hydroxyl groups excluding tert-OH is 1. The lowest BCUT2D eigenvalue weighted by Crippen LogP contribution is -2.53. The standard InChI is InChI=1S/C42H46FN5O11S/c1-26(43)22-33(27(2)50)37(39(53)46-42-44-13-21-60-42)48-24-29-7-4-6-28(36(29)41(48)55)8-5-14-56-15-16-57-17-18-58-19-20-59-31-9-10-32(30(23-31)25-49)40(54)47(3)34-11-12-35(51)45-38(34)52/h4,6-7,9-10,13,21-23,25,34,37,50H,1-2,5,8,11-12,14-20,24H2,3H3,(H,44,46,53)(H,45,51,52)/b33-22+. The number of amides is 5. The molecule has 60 heavy (non-hydrogen) atoms. The molecule has 3 N–H and O–H groups in total. The molecule has 0 bridgehead atoms. The minimum absolute atomic E-state index is 0.0420. The predicted octanol–water partition coefficient (Wildman–Crippen LogP) is 4.34. The molecule has 0 spiro atoms. The van der Waals surface area contributed by atoms with Crippen LogP contribution in [0.15, 0.2) is 84.4 Å². The van der Waals surface area contributed by atoms with Crippen molar-refractivity contribution in [2.24, 2.45) is 0 Å². The Kier molecular flexibility index (Phi) is 16.3. The lowest BCUT2D eigenvalue weighted by Gasteiger charge is -2.30. The van der Waals surface area contributed by atoms with Gasteiger partial charge in [-0.2, -0.15) is 0 Å². The van der Waals surface area contributed by atoms with Crippen molar-refractivity contribution in [3.05, 3.63) is 112 Å². The highest BCUT2D eigenvalue weighted by atomic mass is 32.1. The van der Waals surface area contributed by atoms with Gasteiger partial charge in [-0.3, -0.25) is 39.4 Å². The second-order valence-electron chi connectivity index (χ2n) is 13.6. The van der Waals surface area contributed by atoms with Gasteiger partial charge in [0.15, 0.2) is 11.4 Å². The molecule has 2 aliphatic heterocycles. The second kappa shape index (κ2) is 21.8. The molecular weight excluding hydrogens is 802 g/mol. The van der Waals surface area contributed by atoms with Crippen molar-refractivity contribution in [3.8, 4) is 5.75 Å². The van der Waals surface area contributed by atoms with Gasteiger partial charge < -0.3 is 33.9 Å². The zero-order valence-electron chi connectivity index (χ0n) is 33.0. The summed E-state index contributed by atoms with van der Waals surface area (Å²) in [5, 5.41) is 17.1. The maximum Gasteiger partial charge on any atom is 0.255 e. The Bertz CT molecular complexity index is 2130. The Labute approximate surface area is 349 Å². The van der Waals surface area contributed by atoms with Crippen LogP contribution < -0.4 is 15.4 Å². The zero-order valence-corrected chi connectivity index (χ0v) is 33.8. The number of aromatic nitrogens is 1. The Morgan fingerprint density at radius 2 is 1.80 bits per heavy atom. The Morgan fingerprint density at radius 3 is 2.45 bits per heavy atom. The topological polar surface area (TPSA) is 203 Å². The normalized spacial score (nSPS) is 15.6. The zero-order chi connectivity index (χ0) is 43.2. The van der Waals surface area contributed by atoms with Crippen LogP contribution in [0.4, 0.5) is 9.52 Å². The van der Waals surface area contributed by atoms with E-state index >= 15 is 0 Å². The predicted molar refractivity (Wildman–Crippen MR) is 217 cm³/mol. The average molecular weight is 848 g/mol. The van der Waals surface area contributed by atoms with Gasteiger partial charge in [0.05, 0.1) is 38.6 Å². The number of hydrogen-bond acceptors (Lipinski definition) is 13. The summed E-state index contributed by atoms with van der Waals surface area (Å²) in [6.45, 7) is 8.82. The van der Waals surface area contributed by atoms with Crippen LogP contribution in [-0.2, 0) is 41.6 Å². The Morgan fingerprint density at radius 1 is 1.08 bits per heavy atom. The summed E-state index contributed by atoms with van der Waals surface area (Å²) >= 11 is 1.16. The number of carbonyl (C=O) groups excluding carboxylic acids is 6. The van der Waals surface area contributed by atoms with Crippen molar-refractivity contribution < 1.29 is 57.2 Å². The maximum atomic E-state index is 14.0. The van der Waals surface area contributed by atoms with E-state index in [-0.39, 0.29) is 54.4 Å². The first-order valence-electron chi connectivity index (χ1n) is 19.0. The first-order valence-corrected chi connectivity index (χ1v) is 19.9. The number of likely N-dealkylation sites (N-methyl/N-ethyl adjacent to an activating group) is 1. The summed E-state index contributed by atoms with van der Waals surface area (Å²) in [6.07, 6.45) is 4.33. The number of aryl methyl sites for hydroxylation is 1. The monoisotopic (exact) mass is 847 g/mol. The number of benzene rings is 2. The van der Waals surface area contributed by atoms with E-state index in [1.54, 1.807) is 17.5 Å². The van der Waals surface area contributed by atoms with Crippen LogP contribution in [0, 0.1) is 0 Å². The quantitative estimate of drug-likeness (QED) is 0.0401. The molecule has 5 rings (SSSR count). The number of allylic oxidation sites excluding steroid dienone is 2. The summed E-state index contributed by atoms with van der Waals surface area (Å²) in [4.78, 5) is 82.4. The number of anilines is 1. The minimum atomic E-state index is -1.42. The van der Waals surface area contributed by atoms with Crippen molar-refractivity contribution in [1.29, 1.82) is 0 Å². The van der Waals surface area contributed by atoms with Gasteiger partial charge in [-0.25, -0.2) is 9.37 Å². The van der Waals surface area contributed by atoms with Gasteiger partial charge in [0, 0.05) is 54.9 Å². The number of rotatable bonds is 23. The van der Waals surface area contributed by atoms with Gasteiger partial charge in [-0.1, -0.05) is 31.4 Å². The molecule has 0 saturated carbocycles. The molecule has 5 amide bonds. The van der Waals surface area contributed by atoms with Gasteiger partial charge >= 0.3 is 0 Å². The molecule has 2 unspecified atom stereocenters. The smallest absolute Gasteiger partial charge is 0.255 e. The molecule has 3 heterocycles. The van der Waals surface area contributed by atoms with E-state index < -0.39 is 53.2 Å². The van der Waals surface area contributed by atoms with Crippen LogP contribution in [0.2, 0.25) is 0 Å². The molecule has 0 radical (unpaired) electrons. The van der Waals surface area contributed by atoms with Crippen LogP contribution >= 0.6 is 11.3 Å². The van der Waals surface area contributed by atoms with Crippen LogP contribution in [0.3, 0.4) is 0 Å². The molecule has 2 atom stereocenters. The van der Waals surface area contributed by atoms with Crippen molar-refractivity contribution >= 4 is 52.3 Å². The van der Waals surface area contributed by atoms with Crippen molar-refractivity contribution in [3.63, 3.8) is 0 Å². The summed E-state index contributed by atoms with van der Waals surface area (Å²) in [5.74, 6) is -3.77. The lowest BCUT2D eigenvalue weighted by molar-refractivity contribution is -0.136. The van der Waals surface area contributed by atoms with E-state index in [0.29, 0.717) is 69.0 Å². The minimum Gasteiger partial charge on any atom is -0.508 e. The molecule has 1 aromatic heterocycles. The molecule has 0 aliphatic carbocycles. The number of imide groups is 1. The number of ether oxygens (including phenoxy) is 4. The molecule has 18 heteroatoms. The molecule has 1 fully saturated rings. The Balaban J connectivity index is 0.985. The number of aldehydes is 1. The molecule has 3 aromatic rings. The number of hydrogen-bond donors (Lipinski definition) is 3. The fourth-order valence-corrected chi connectivity index (χ4v) is 7.24. The van der Waals surface area contributed by atoms with Crippen molar-refractivity contribution in [1.82, 2.24) is 20.1 Å². The number of aliphatic hydroxyl groups is 1. The lowest BCUT2D eigenvalue weighted by atomic mass is 9.99. The van der Waals surface area contributed by atoms with Gasteiger partial charge in [-0.15, -0.1) is 11.3 Å². The number of halogens is 1. The molecular formula is C42H46FN5O11S. The second-order valence-corrected chi connectivity index (χ2v) is 14.5. The number of piperidine rings is 1. The summed E-state index contributed by atoms with van der Waals surface area (Å²) in [5.41, 5.74) is 1.87. The van der Waals surface area contributed by atoms with Crippen molar-refractivity contribution in [2.45, 2.75) is 44.3 Å². The molecule has 2 aliphatic rings. The van der Waals surface area contributed by atoms with Gasteiger partial charge in [0.1, 0.15) is 36.0 Å². The van der Waals surface area contributed by atoms with E-state index in [1.807, 2.05) is 12.1 Å². The van der Waals surface area contributed by atoms with Crippen LogP contribution in [0.5, 0.6) is 5.75 Å². The Hall–Kier alpha value is -6.08. The van der Waals surface area contributed by atoms with E-state index in [9.17, 15) is 38.3 Å². The molecule has 318 valence electrons. The highest BCUT2D eigenvalue weighted by Gasteiger charge is 2.41. The van der Waals surface area contributed by atoms with E-state index in [0.717, 1.165) is 23.0 Å². The summed E-state index contributed by atoms with van der Waals surface area (Å²) in [7, 11) is 1.45. The maximum absolute atomic E-state index is 14.0. The van der Waals surface area contributed by atoms with Crippen molar-refractivity contribution in [2.75, 3.05) is 58.6 Å². The van der Waals surface area contributed by atoms with Crippen LogP contribution in [-0.4, -0.2) is 121 Å². The number of fused-ring (bicyclic) bond motifs is 1. The molecule has 1 saturated heterocycles. The van der Waals surface area contributed by atoms with E-state index in [2.05, 4.69) is 28.8 Å². The number of nitrogens with zero attached hydrogens (tertiary/aromatic N) is 3. The third kappa shape index (κ3) is 11.8. The van der Waals surface area contributed by atoms with E-state index in [1.165, 1.54) is 35.2 Å². The van der Waals surface area contributed by atoms with Gasteiger partial charge in [-0.05, 0) is 54.7 Å². The van der Waals surface area contributed by atoms with Gasteiger partial charge in [0.25, 0.3) is 17.7 Å². The molecule has 2 aromatic carbocycles. The average Bonchev–Trinajstić information content (AvgIpc) is 3.86. The first-order chi connectivity index (χ1) is 28.9. The SMILES string of the molecule is C=C(F)/C=C(\C(=C)O)C(C(=O)Nc1nccs1)N1Cc2cccc(CCCOCCOCCOCCOc3ccc(C(=O)N(C)C4CCC(=O)NC4=O)c(C=O)c3)c2C1=O. The largest absolute Gasteiger partial charge is 0.508 e. The summed E-state index contributed by atoms with van der Waals surface area (Å²) in [6, 6.07) is 7.63. The fraction of sp³-hybridized carbons (Fsp3) is 0.357. The fourth-order valence-electron chi connectivity index (χ4n) is 6.71. The highest BCUT2D eigenvalue weighted by Crippen LogP contribution is 2.33. The van der Waals surface area contributed by atoms with E-state index in [4.69, 9.17) is 18.9 Å². The third-order valence-electron chi connectivity index (χ3n) is 9.57. The van der Waals surface area contributed by atoms with Crippen LogP contribution in [0.25, 0.3) is 0 Å². The first kappa shape index (κ1) is 45.0. The third-order valence-corrected chi connectivity index (χ3v) is 10.3. The molecule has 16 nitrogen and oxygen atoms in total.